The van der Waals surface area contributed by atoms with E-state index in [2.05, 4.69) is 29.1 Å². The Morgan fingerprint density at radius 1 is 1.42 bits per heavy atom. The van der Waals surface area contributed by atoms with Crippen LogP contribution in [0.5, 0.6) is 0 Å². The van der Waals surface area contributed by atoms with E-state index in [0.29, 0.717) is 5.15 Å². The standard InChI is InChI=1S/C17H19ClN2O3S/c1-20-8-10(9-23-24(2,21)22)6-12-11-4-3-5-14-16(11)13(7-15(12)20)17(18)19-14/h3-6,10,15,19H,7-9H2,1-2H3/t10-,15-/m1/s1. The zero-order chi connectivity index (χ0) is 17.1. The highest BCUT2D eigenvalue weighted by atomic mass is 35.5. The van der Waals surface area contributed by atoms with Crippen molar-refractivity contribution in [2.75, 3.05) is 26.5 Å². The number of nitrogens with one attached hydrogen (secondary N) is 1. The molecule has 1 aromatic heterocycles. The van der Waals surface area contributed by atoms with Crippen molar-refractivity contribution in [3.05, 3.63) is 40.6 Å². The van der Waals surface area contributed by atoms with E-state index in [-0.39, 0.29) is 18.6 Å². The summed E-state index contributed by atoms with van der Waals surface area (Å²) < 4.78 is 27.6. The van der Waals surface area contributed by atoms with Gasteiger partial charge in [0.05, 0.1) is 12.9 Å². The molecule has 1 aromatic carbocycles. The van der Waals surface area contributed by atoms with E-state index >= 15 is 0 Å². The molecule has 2 atom stereocenters. The summed E-state index contributed by atoms with van der Waals surface area (Å²) in [5.74, 6) is 0.0437. The summed E-state index contributed by atoms with van der Waals surface area (Å²) >= 11 is 6.40. The van der Waals surface area contributed by atoms with Crippen molar-refractivity contribution >= 4 is 38.2 Å². The van der Waals surface area contributed by atoms with Crippen LogP contribution in [0.2, 0.25) is 5.15 Å². The highest BCUT2D eigenvalue weighted by molar-refractivity contribution is 7.85. The molecule has 4 rings (SSSR count). The van der Waals surface area contributed by atoms with E-state index in [4.69, 9.17) is 15.8 Å². The zero-order valence-electron chi connectivity index (χ0n) is 13.5. The molecule has 1 N–H and O–H groups in total. The van der Waals surface area contributed by atoms with Crippen LogP contribution in [0.15, 0.2) is 24.3 Å². The van der Waals surface area contributed by atoms with Gasteiger partial charge < -0.3 is 4.98 Å². The van der Waals surface area contributed by atoms with Crippen LogP contribution >= 0.6 is 11.6 Å². The Kier molecular flexibility index (Phi) is 3.76. The minimum Gasteiger partial charge on any atom is -0.345 e. The summed E-state index contributed by atoms with van der Waals surface area (Å²) in [4.78, 5) is 5.52. The van der Waals surface area contributed by atoms with Crippen molar-refractivity contribution in [3.8, 4) is 0 Å². The van der Waals surface area contributed by atoms with E-state index < -0.39 is 10.1 Å². The smallest absolute Gasteiger partial charge is 0.264 e. The van der Waals surface area contributed by atoms with Crippen molar-refractivity contribution in [2.24, 2.45) is 5.92 Å². The first-order chi connectivity index (χ1) is 11.3. The van der Waals surface area contributed by atoms with Crippen LogP contribution in [0.4, 0.5) is 0 Å². The second kappa shape index (κ2) is 5.59. The number of benzene rings is 1. The molecule has 5 nitrogen and oxygen atoms in total. The molecule has 0 spiro atoms. The largest absolute Gasteiger partial charge is 0.345 e. The number of fused-ring (bicyclic) bond motifs is 2. The molecule has 24 heavy (non-hydrogen) atoms. The summed E-state index contributed by atoms with van der Waals surface area (Å²) in [5, 5.41) is 1.90. The predicted molar refractivity (Wildman–Crippen MR) is 95.7 cm³/mol. The lowest BCUT2D eigenvalue weighted by atomic mass is 9.80. The Balaban J connectivity index is 1.78. The van der Waals surface area contributed by atoms with E-state index in [9.17, 15) is 8.42 Å². The molecule has 2 aromatic rings. The fourth-order valence-electron chi connectivity index (χ4n) is 3.91. The summed E-state index contributed by atoms with van der Waals surface area (Å²) in [6.45, 7) is 0.938. The molecule has 0 bridgehead atoms. The number of halogens is 1. The Labute approximate surface area is 146 Å². The Morgan fingerprint density at radius 3 is 2.96 bits per heavy atom. The second-order valence-corrected chi connectivity index (χ2v) is 8.70. The molecule has 0 saturated carbocycles. The third kappa shape index (κ3) is 2.67. The zero-order valence-corrected chi connectivity index (χ0v) is 15.1. The normalized spacial score (nSPS) is 24.0. The van der Waals surface area contributed by atoms with Crippen LogP contribution in [0, 0.1) is 5.92 Å². The third-order valence-corrected chi connectivity index (χ3v) is 5.80. The third-order valence-electron chi connectivity index (χ3n) is 4.91. The first kappa shape index (κ1) is 16.1. The molecular weight excluding hydrogens is 348 g/mol. The maximum Gasteiger partial charge on any atom is 0.264 e. The van der Waals surface area contributed by atoms with Crippen molar-refractivity contribution in [3.63, 3.8) is 0 Å². The van der Waals surface area contributed by atoms with Crippen LogP contribution in [0.3, 0.4) is 0 Å². The number of likely N-dealkylation sites (N-methyl/N-ethyl adjacent to an activating group) is 1. The van der Waals surface area contributed by atoms with Gasteiger partial charge in [0.2, 0.25) is 0 Å². The van der Waals surface area contributed by atoms with Crippen molar-refractivity contribution in [2.45, 2.75) is 12.5 Å². The molecule has 1 aliphatic heterocycles. The molecule has 2 aliphatic rings. The number of nitrogens with zero attached hydrogens (tertiary/aromatic N) is 1. The number of rotatable bonds is 3. The lowest BCUT2D eigenvalue weighted by Gasteiger charge is -2.39. The van der Waals surface area contributed by atoms with Gasteiger partial charge in [0.1, 0.15) is 5.15 Å². The topological polar surface area (TPSA) is 62.4 Å². The lowest BCUT2D eigenvalue weighted by molar-refractivity contribution is 0.197. The number of hydrogen-bond donors (Lipinski definition) is 1. The Hall–Kier alpha value is -1.34. The predicted octanol–water partition coefficient (Wildman–Crippen LogP) is 2.67. The summed E-state index contributed by atoms with van der Waals surface area (Å²) in [6, 6.07) is 6.42. The van der Waals surface area contributed by atoms with Gasteiger partial charge in [0, 0.05) is 29.4 Å². The molecule has 128 valence electrons. The average molecular weight is 367 g/mol. The van der Waals surface area contributed by atoms with Crippen LogP contribution in [-0.4, -0.2) is 50.8 Å². The molecule has 0 amide bonds. The average Bonchev–Trinajstić information content (AvgIpc) is 2.83. The van der Waals surface area contributed by atoms with E-state index in [1.54, 1.807) is 0 Å². The summed E-state index contributed by atoms with van der Waals surface area (Å²) in [6.07, 6.45) is 4.12. The van der Waals surface area contributed by atoms with Crippen LogP contribution in [0.25, 0.3) is 16.5 Å². The first-order valence-corrected chi connectivity index (χ1v) is 10.1. The van der Waals surface area contributed by atoms with Gasteiger partial charge in [0.15, 0.2) is 0 Å². The Morgan fingerprint density at radius 2 is 2.21 bits per heavy atom. The fourth-order valence-corrected chi connectivity index (χ4v) is 4.61. The van der Waals surface area contributed by atoms with Crippen molar-refractivity contribution < 1.29 is 12.6 Å². The second-order valence-electron chi connectivity index (χ2n) is 6.68. The molecule has 2 heterocycles. The molecular formula is C17H19ClN2O3S. The molecule has 7 heteroatoms. The number of H-pyrrole nitrogens is 1. The number of aromatic amines is 1. The monoisotopic (exact) mass is 366 g/mol. The SMILES string of the molecule is CN1C[C@H](COS(C)(=O)=O)C=C2c3cccc4[nH]c(Cl)c(c34)C[C@H]21. The van der Waals surface area contributed by atoms with Gasteiger partial charge in [-0.25, -0.2) is 0 Å². The summed E-state index contributed by atoms with van der Waals surface area (Å²) in [5.41, 5.74) is 4.63. The van der Waals surface area contributed by atoms with Crippen molar-refractivity contribution in [1.82, 2.24) is 9.88 Å². The van der Waals surface area contributed by atoms with Crippen LogP contribution < -0.4 is 0 Å². The van der Waals surface area contributed by atoms with Gasteiger partial charge in [-0.15, -0.1) is 0 Å². The number of hydrogen-bond acceptors (Lipinski definition) is 4. The van der Waals surface area contributed by atoms with E-state index in [1.165, 1.54) is 22.1 Å². The molecule has 0 radical (unpaired) electrons. The highest BCUT2D eigenvalue weighted by Gasteiger charge is 2.35. The van der Waals surface area contributed by atoms with Crippen LogP contribution in [-0.2, 0) is 20.7 Å². The Bertz CT molecular complexity index is 948. The quantitative estimate of drug-likeness (QED) is 0.848. The molecule has 0 unspecified atom stereocenters. The maximum absolute atomic E-state index is 11.3. The minimum atomic E-state index is -3.43. The van der Waals surface area contributed by atoms with E-state index in [1.807, 2.05) is 12.1 Å². The van der Waals surface area contributed by atoms with Gasteiger partial charge in [-0.1, -0.05) is 29.8 Å². The van der Waals surface area contributed by atoms with Gasteiger partial charge in [0.25, 0.3) is 10.1 Å². The lowest BCUT2D eigenvalue weighted by Crippen LogP contribution is -2.43. The van der Waals surface area contributed by atoms with Crippen LogP contribution in [0.1, 0.15) is 11.1 Å². The maximum atomic E-state index is 11.3. The van der Waals surface area contributed by atoms with Gasteiger partial charge in [-0.3, -0.25) is 9.08 Å². The van der Waals surface area contributed by atoms with Crippen molar-refractivity contribution in [1.29, 1.82) is 0 Å². The van der Waals surface area contributed by atoms with Gasteiger partial charge in [-0.05, 0) is 36.2 Å². The fraction of sp³-hybridized carbons (Fsp3) is 0.412. The molecule has 0 saturated heterocycles. The van der Waals surface area contributed by atoms with Gasteiger partial charge >= 0.3 is 0 Å². The van der Waals surface area contributed by atoms with Gasteiger partial charge in [-0.2, -0.15) is 8.42 Å². The minimum absolute atomic E-state index is 0.0437. The number of aromatic nitrogens is 1. The highest BCUT2D eigenvalue weighted by Crippen LogP contribution is 2.43. The summed E-state index contributed by atoms with van der Waals surface area (Å²) in [7, 11) is -1.36. The molecule has 0 fully saturated rings. The first-order valence-electron chi connectivity index (χ1n) is 7.89. The molecule has 1 aliphatic carbocycles. The van der Waals surface area contributed by atoms with E-state index in [0.717, 1.165) is 24.7 Å².